The van der Waals surface area contributed by atoms with Gasteiger partial charge in [-0.2, -0.15) is 0 Å². The molecular weight excluding hydrogens is 405 g/mol. The zero-order chi connectivity index (χ0) is 21.5. The minimum absolute atomic E-state index is 0.0421. The molecule has 0 spiro atoms. The first-order chi connectivity index (χ1) is 14.5. The summed E-state index contributed by atoms with van der Waals surface area (Å²) in [5.41, 5.74) is 1.11. The van der Waals surface area contributed by atoms with Gasteiger partial charge in [0.1, 0.15) is 5.82 Å². The SMILES string of the molecule is CCN(Cc1cccc(F)c1)C(=O)CSc1nc2ccccc2c(=O)n1CCCO. The van der Waals surface area contributed by atoms with Gasteiger partial charge >= 0.3 is 0 Å². The molecule has 1 aromatic heterocycles. The van der Waals surface area contributed by atoms with E-state index in [1.807, 2.05) is 13.0 Å². The standard InChI is InChI=1S/C22H24FN3O3S/c1-2-25(14-16-7-5-8-17(23)13-16)20(28)15-30-22-24-19-10-4-3-9-18(19)21(29)26(22)11-6-12-27/h3-5,7-10,13,27H,2,6,11-12,14-15H2,1H3. The molecule has 6 nitrogen and oxygen atoms in total. The number of carbonyl (C=O) groups is 1. The van der Waals surface area contributed by atoms with Gasteiger partial charge in [0.05, 0.1) is 16.7 Å². The van der Waals surface area contributed by atoms with Gasteiger partial charge in [0.25, 0.3) is 5.56 Å². The fraction of sp³-hybridized carbons (Fsp3) is 0.318. The maximum absolute atomic E-state index is 13.4. The lowest BCUT2D eigenvalue weighted by Gasteiger charge is -2.21. The predicted molar refractivity (Wildman–Crippen MR) is 116 cm³/mol. The minimum Gasteiger partial charge on any atom is -0.396 e. The molecule has 0 saturated carbocycles. The summed E-state index contributed by atoms with van der Waals surface area (Å²) in [5.74, 6) is -0.353. The van der Waals surface area contributed by atoms with Crippen LogP contribution in [-0.4, -0.2) is 44.4 Å². The van der Waals surface area contributed by atoms with Crippen LogP contribution >= 0.6 is 11.8 Å². The first-order valence-corrected chi connectivity index (χ1v) is 10.8. The molecule has 1 heterocycles. The van der Waals surface area contributed by atoms with E-state index in [0.717, 1.165) is 5.56 Å². The van der Waals surface area contributed by atoms with E-state index in [9.17, 15) is 19.1 Å². The van der Waals surface area contributed by atoms with Crippen molar-refractivity contribution in [2.24, 2.45) is 0 Å². The predicted octanol–water partition coefficient (Wildman–Crippen LogP) is 3.06. The van der Waals surface area contributed by atoms with Crippen molar-refractivity contribution in [1.29, 1.82) is 0 Å². The second-order valence-corrected chi connectivity index (χ2v) is 7.71. The Balaban J connectivity index is 1.79. The smallest absolute Gasteiger partial charge is 0.262 e. The van der Waals surface area contributed by atoms with E-state index in [-0.39, 0.29) is 29.6 Å². The van der Waals surface area contributed by atoms with E-state index in [2.05, 4.69) is 4.98 Å². The van der Waals surface area contributed by atoms with Crippen molar-refractivity contribution in [3.8, 4) is 0 Å². The fourth-order valence-corrected chi connectivity index (χ4v) is 4.06. The van der Waals surface area contributed by atoms with Gasteiger partial charge in [-0.15, -0.1) is 0 Å². The third-order valence-electron chi connectivity index (χ3n) is 4.69. The number of rotatable bonds is 9. The Labute approximate surface area is 178 Å². The fourth-order valence-electron chi connectivity index (χ4n) is 3.13. The van der Waals surface area contributed by atoms with Gasteiger partial charge < -0.3 is 10.0 Å². The maximum Gasteiger partial charge on any atom is 0.262 e. The van der Waals surface area contributed by atoms with Crippen LogP contribution < -0.4 is 5.56 Å². The lowest BCUT2D eigenvalue weighted by atomic mass is 10.2. The molecule has 2 aromatic carbocycles. The van der Waals surface area contributed by atoms with Crippen LogP contribution in [0.1, 0.15) is 18.9 Å². The van der Waals surface area contributed by atoms with Crippen molar-refractivity contribution in [2.45, 2.75) is 31.6 Å². The van der Waals surface area contributed by atoms with E-state index < -0.39 is 0 Å². The van der Waals surface area contributed by atoms with E-state index >= 15 is 0 Å². The molecular formula is C22H24FN3O3S. The van der Waals surface area contributed by atoms with E-state index in [0.29, 0.717) is 42.1 Å². The first-order valence-electron chi connectivity index (χ1n) is 9.79. The molecule has 0 aliphatic carbocycles. The average Bonchev–Trinajstić information content (AvgIpc) is 2.75. The highest BCUT2D eigenvalue weighted by Gasteiger charge is 2.16. The van der Waals surface area contributed by atoms with Gasteiger partial charge in [0.2, 0.25) is 5.91 Å². The quantitative estimate of drug-likeness (QED) is 0.418. The molecule has 3 aromatic rings. The van der Waals surface area contributed by atoms with Crippen LogP contribution in [-0.2, 0) is 17.9 Å². The molecule has 0 unspecified atom stereocenters. The Morgan fingerprint density at radius 1 is 1.23 bits per heavy atom. The number of carbonyl (C=O) groups excluding carboxylic acids is 1. The van der Waals surface area contributed by atoms with E-state index in [1.54, 1.807) is 35.2 Å². The third kappa shape index (κ3) is 5.25. The minimum atomic E-state index is -0.335. The zero-order valence-corrected chi connectivity index (χ0v) is 17.6. The Morgan fingerprint density at radius 3 is 2.77 bits per heavy atom. The van der Waals surface area contributed by atoms with Crippen LogP contribution in [0.2, 0.25) is 0 Å². The normalized spacial score (nSPS) is 11.0. The second kappa shape index (κ2) is 10.4. The Kier molecular flexibility index (Phi) is 7.59. The summed E-state index contributed by atoms with van der Waals surface area (Å²) in [7, 11) is 0. The van der Waals surface area contributed by atoms with Crippen molar-refractivity contribution >= 4 is 28.6 Å². The zero-order valence-electron chi connectivity index (χ0n) is 16.8. The number of benzene rings is 2. The van der Waals surface area contributed by atoms with Crippen LogP contribution in [0.5, 0.6) is 0 Å². The molecule has 0 saturated heterocycles. The molecule has 30 heavy (non-hydrogen) atoms. The van der Waals surface area contributed by atoms with Crippen molar-refractivity contribution in [3.63, 3.8) is 0 Å². The number of aromatic nitrogens is 2. The summed E-state index contributed by atoms with van der Waals surface area (Å²) in [4.78, 5) is 31.8. The van der Waals surface area contributed by atoms with Crippen LogP contribution in [0.25, 0.3) is 10.9 Å². The van der Waals surface area contributed by atoms with Crippen molar-refractivity contribution < 1.29 is 14.3 Å². The topological polar surface area (TPSA) is 75.4 Å². The number of hydrogen-bond acceptors (Lipinski definition) is 5. The summed E-state index contributed by atoms with van der Waals surface area (Å²) in [5, 5.41) is 10.1. The molecule has 1 N–H and O–H groups in total. The first kappa shape index (κ1) is 22.0. The summed E-state index contributed by atoms with van der Waals surface area (Å²) in [6.45, 7) is 2.95. The van der Waals surface area contributed by atoms with Gasteiger partial charge in [-0.3, -0.25) is 14.2 Å². The number of nitrogens with zero attached hydrogens (tertiary/aromatic N) is 3. The molecule has 0 radical (unpaired) electrons. The molecule has 158 valence electrons. The van der Waals surface area contributed by atoms with Crippen LogP contribution in [0.4, 0.5) is 4.39 Å². The molecule has 0 atom stereocenters. The Morgan fingerprint density at radius 2 is 2.03 bits per heavy atom. The highest BCUT2D eigenvalue weighted by molar-refractivity contribution is 7.99. The van der Waals surface area contributed by atoms with Crippen molar-refractivity contribution in [1.82, 2.24) is 14.5 Å². The van der Waals surface area contributed by atoms with Crippen LogP contribution in [0.3, 0.4) is 0 Å². The number of halogens is 1. The van der Waals surface area contributed by atoms with Gasteiger partial charge in [-0.1, -0.05) is 36.0 Å². The second-order valence-electron chi connectivity index (χ2n) is 6.77. The summed E-state index contributed by atoms with van der Waals surface area (Å²) in [6.07, 6.45) is 0.419. The summed E-state index contributed by atoms with van der Waals surface area (Å²) < 4.78 is 15.0. The van der Waals surface area contributed by atoms with Crippen LogP contribution in [0.15, 0.2) is 58.5 Å². The number of hydrogen-bond donors (Lipinski definition) is 1. The van der Waals surface area contributed by atoms with E-state index in [1.165, 1.54) is 28.5 Å². The monoisotopic (exact) mass is 429 g/mol. The highest BCUT2D eigenvalue weighted by atomic mass is 32.2. The molecule has 0 aliphatic heterocycles. The Hall–Kier alpha value is -2.71. The number of para-hydroxylation sites is 1. The van der Waals surface area contributed by atoms with Gasteiger partial charge in [0.15, 0.2) is 5.16 Å². The van der Waals surface area contributed by atoms with Crippen molar-refractivity contribution in [2.75, 3.05) is 18.9 Å². The van der Waals surface area contributed by atoms with Gasteiger partial charge in [0, 0.05) is 26.2 Å². The lowest BCUT2D eigenvalue weighted by molar-refractivity contribution is -0.128. The number of fused-ring (bicyclic) bond motifs is 1. The average molecular weight is 430 g/mol. The number of thioether (sulfide) groups is 1. The molecule has 0 aliphatic rings. The number of aliphatic hydroxyl groups excluding tert-OH is 1. The molecule has 1 amide bonds. The van der Waals surface area contributed by atoms with Gasteiger partial charge in [-0.05, 0) is 43.2 Å². The number of aliphatic hydroxyl groups is 1. The molecule has 3 rings (SSSR count). The molecule has 8 heteroatoms. The molecule has 0 fully saturated rings. The largest absolute Gasteiger partial charge is 0.396 e. The highest BCUT2D eigenvalue weighted by Crippen LogP contribution is 2.19. The van der Waals surface area contributed by atoms with Crippen molar-refractivity contribution in [3.05, 3.63) is 70.3 Å². The lowest BCUT2D eigenvalue weighted by Crippen LogP contribution is -2.32. The summed E-state index contributed by atoms with van der Waals surface area (Å²) in [6, 6.07) is 13.3. The maximum atomic E-state index is 13.4. The third-order valence-corrected chi connectivity index (χ3v) is 5.65. The van der Waals surface area contributed by atoms with Gasteiger partial charge in [-0.25, -0.2) is 9.37 Å². The number of amides is 1. The Bertz CT molecular complexity index is 1090. The summed E-state index contributed by atoms with van der Waals surface area (Å²) >= 11 is 1.20. The molecule has 0 bridgehead atoms. The van der Waals surface area contributed by atoms with E-state index in [4.69, 9.17) is 0 Å². The van der Waals surface area contributed by atoms with Crippen LogP contribution in [0, 0.1) is 5.82 Å².